The average Bonchev–Trinajstić information content (AvgIpc) is 3.40. The Morgan fingerprint density at radius 1 is 1.19 bits per heavy atom. The van der Waals surface area contributed by atoms with Gasteiger partial charge in [-0.25, -0.2) is 14.6 Å². The summed E-state index contributed by atoms with van der Waals surface area (Å²) in [4.78, 5) is 20.7. The van der Waals surface area contributed by atoms with Crippen molar-refractivity contribution < 1.29 is 18.0 Å². The van der Waals surface area contributed by atoms with Gasteiger partial charge in [-0.15, -0.1) is 11.3 Å². The Labute approximate surface area is 183 Å². The lowest BCUT2D eigenvalue weighted by Crippen LogP contribution is -2.15. The molecule has 2 aromatic heterocycles. The number of thioether (sulfide) groups is 1. The minimum Gasteiger partial charge on any atom is -0.324 e. The highest BCUT2D eigenvalue weighted by atomic mass is 32.2. The number of anilines is 1. The van der Waals surface area contributed by atoms with Gasteiger partial charge in [-0.2, -0.15) is 18.3 Å². The molecule has 0 aliphatic rings. The van der Waals surface area contributed by atoms with Gasteiger partial charge in [0.1, 0.15) is 12.7 Å². The van der Waals surface area contributed by atoms with Crippen LogP contribution in [0.25, 0.3) is 15.9 Å². The van der Waals surface area contributed by atoms with E-state index in [4.69, 9.17) is 0 Å². The molecule has 0 spiro atoms. The molecule has 31 heavy (non-hydrogen) atoms. The second-order valence-electron chi connectivity index (χ2n) is 6.52. The Balaban J connectivity index is 1.38. The SMILES string of the molecule is O=C(CCCSc1nc2ccccc2s1)Nc1cc(C(F)(F)F)ccc1-n1cncn1. The zero-order valence-electron chi connectivity index (χ0n) is 16.0. The monoisotopic (exact) mass is 463 g/mol. The third kappa shape index (κ3) is 5.23. The Hall–Kier alpha value is -2.92. The smallest absolute Gasteiger partial charge is 0.324 e. The zero-order chi connectivity index (χ0) is 21.8. The summed E-state index contributed by atoms with van der Waals surface area (Å²) in [6, 6.07) is 11.0. The molecule has 4 rings (SSSR count). The van der Waals surface area contributed by atoms with Crippen molar-refractivity contribution in [1.82, 2.24) is 19.7 Å². The molecular formula is C20H16F3N5OS2. The molecule has 0 saturated carbocycles. The molecule has 1 N–H and O–H groups in total. The number of nitrogens with one attached hydrogen (secondary N) is 1. The van der Waals surface area contributed by atoms with Gasteiger partial charge in [0.15, 0.2) is 4.34 Å². The van der Waals surface area contributed by atoms with Crippen molar-refractivity contribution >= 4 is 44.9 Å². The Morgan fingerprint density at radius 3 is 2.77 bits per heavy atom. The summed E-state index contributed by atoms with van der Waals surface area (Å²) >= 11 is 3.15. The molecule has 0 bridgehead atoms. The van der Waals surface area contributed by atoms with Gasteiger partial charge in [0.25, 0.3) is 0 Å². The standard InChI is InChI=1S/C20H16F3N5OS2/c21-20(22,23)13-7-8-16(28-12-24-11-25-28)15(10-13)26-18(29)6-3-9-30-19-27-14-4-1-2-5-17(14)31-19/h1-2,4-5,7-8,10-12H,3,6,9H2,(H,26,29). The number of halogens is 3. The second kappa shape index (κ2) is 9.06. The molecule has 160 valence electrons. The van der Waals surface area contributed by atoms with Crippen LogP contribution in [0.4, 0.5) is 18.9 Å². The molecule has 4 aromatic rings. The first-order valence-electron chi connectivity index (χ1n) is 9.24. The number of benzene rings is 2. The number of fused-ring (bicyclic) bond motifs is 1. The number of rotatable bonds is 7. The van der Waals surface area contributed by atoms with Crippen LogP contribution in [0, 0.1) is 0 Å². The van der Waals surface area contributed by atoms with Crippen LogP contribution in [0.5, 0.6) is 0 Å². The molecular weight excluding hydrogens is 447 g/mol. The number of hydrogen-bond acceptors (Lipinski definition) is 6. The van der Waals surface area contributed by atoms with E-state index in [0.29, 0.717) is 17.9 Å². The van der Waals surface area contributed by atoms with E-state index < -0.39 is 11.7 Å². The summed E-state index contributed by atoms with van der Waals surface area (Å²) in [6.07, 6.45) is -1.17. The molecule has 1 amide bonds. The largest absolute Gasteiger partial charge is 0.416 e. The predicted octanol–water partition coefficient (Wildman–Crippen LogP) is 5.41. The summed E-state index contributed by atoms with van der Waals surface area (Å²) in [5, 5.41) is 6.52. The number of carbonyl (C=O) groups excluding carboxylic acids is 1. The van der Waals surface area contributed by atoms with Crippen molar-refractivity contribution in [2.45, 2.75) is 23.4 Å². The van der Waals surface area contributed by atoms with Crippen molar-refractivity contribution in [3.05, 3.63) is 60.7 Å². The van der Waals surface area contributed by atoms with E-state index in [1.807, 2.05) is 24.3 Å². The van der Waals surface area contributed by atoms with Gasteiger partial charge in [0.05, 0.1) is 27.2 Å². The predicted molar refractivity (Wildman–Crippen MR) is 115 cm³/mol. The summed E-state index contributed by atoms with van der Waals surface area (Å²) in [6.45, 7) is 0. The summed E-state index contributed by atoms with van der Waals surface area (Å²) < 4.78 is 42.7. The maximum atomic E-state index is 13.1. The molecule has 2 heterocycles. The third-order valence-corrected chi connectivity index (χ3v) is 6.58. The highest BCUT2D eigenvalue weighted by Gasteiger charge is 2.31. The van der Waals surface area contributed by atoms with Gasteiger partial charge in [0, 0.05) is 12.2 Å². The quantitative estimate of drug-likeness (QED) is 0.293. The first-order chi connectivity index (χ1) is 14.9. The highest BCUT2D eigenvalue weighted by Crippen LogP contribution is 2.33. The molecule has 11 heteroatoms. The van der Waals surface area contributed by atoms with Crippen LogP contribution in [0.15, 0.2) is 59.5 Å². The number of hydrogen-bond donors (Lipinski definition) is 1. The molecule has 0 aliphatic heterocycles. The van der Waals surface area contributed by atoms with E-state index in [1.54, 1.807) is 23.1 Å². The fraction of sp³-hybridized carbons (Fsp3) is 0.200. The third-order valence-electron chi connectivity index (χ3n) is 4.31. The average molecular weight is 464 g/mol. The van der Waals surface area contributed by atoms with E-state index in [9.17, 15) is 18.0 Å². The minimum absolute atomic E-state index is 0.0316. The normalized spacial score (nSPS) is 11.7. The number of amides is 1. The van der Waals surface area contributed by atoms with Gasteiger partial charge in [-0.05, 0) is 36.8 Å². The number of thiazole rings is 1. The number of para-hydroxylation sites is 1. The lowest BCUT2D eigenvalue weighted by atomic mass is 10.1. The van der Waals surface area contributed by atoms with E-state index in [-0.39, 0.29) is 18.0 Å². The molecule has 0 atom stereocenters. The zero-order valence-corrected chi connectivity index (χ0v) is 17.6. The van der Waals surface area contributed by atoms with Crippen molar-refractivity contribution in [2.75, 3.05) is 11.1 Å². The Kier molecular flexibility index (Phi) is 6.23. The van der Waals surface area contributed by atoms with Crippen molar-refractivity contribution in [3.63, 3.8) is 0 Å². The van der Waals surface area contributed by atoms with Crippen LogP contribution in [-0.2, 0) is 11.0 Å². The molecule has 0 fully saturated rings. The summed E-state index contributed by atoms with van der Waals surface area (Å²) in [5.41, 5.74) is 0.433. The minimum atomic E-state index is -4.52. The van der Waals surface area contributed by atoms with Crippen molar-refractivity contribution in [1.29, 1.82) is 0 Å². The van der Waals surface area contributed by atoms with E-state index >= 15 is 0 Å². The van der Waals surface area contributed by atoms with Gasteiger partial charge in [0.2, 0.25) is 5.91 Å². The van der Waals surface area contributed by atoms with E-state index in [2.05, 4.69) is 20.4 Å². The van der Waals surface area contributed by atoms with Crippen LogP contribution >= 0.6 is 23.1 Å². The van der Waals surface area contributed by atoms with Crippen molar-refractivity contribution in [3.8, 4) is 5.69 Å². The van der Waals surface area contributed by atoms with Crippen LogP contribution < -0.4 is 5.32 Å². The van der Waals surface area contributed by atoms with Crippen LogP contribution in [-0.4, -0.2) is 31.4 Å². The van der Waals surface area contributed by atoms with E-state index in [0.717, 1.165) is 26.7 Å². The number of nitrogens with zero attached hydrogens (tertiary/aromatic N) is 4. The molecule has 2 aromatic carbocycles. The molecule has 6 nitrogen and oxygen atoms in total. The molecule has 0 aliphatic carbocycles. The molecule has 0 radical (unpaired) electrons. The maximum absolute atomic E-state index is 13.1. The van der Waals surface area contributed by atoms with Crippen LogP contribution in [0.1, 0.15) is 18.4 Å². The van der Waals surface area contributed by atoms with Gasteiger partial charge < -0.3 is 5.32 Å². The van der Waals surface area contributed by atoms with Crippen molar-refractivity contribution in [2.24, 2.45) is 0 Å². The number of aromatic nitrogens is 4. The van der Waals surface area contributed by atoms with Gasteiger partial charge in [-0.1, -0.05) is 23.9 Å². The first kappa shape index (κ1) is 21.3. The van der Waals surface area contributed by atoms with Gasteiger partial charge in [-0.3, -0.25) is 4.79 Å². The second-order valence-corrected chi connectivity index (χ2v) is 8.89. The van der Waals surface area contributed by atoms with Crippen LogP contribution in [0.2, 0.25) is 0 Å². The summed E-state index contributed by atoms with van der Waals surface area (Å²) in [7, 11) is 0. The Morgan fingerprint density at radius 2 is 2.03 bits per heavy atom. The number of alkyl halides is 3. The van der Waals surface area contributed by atoms with Gasteiger partial charge >= 0.3 is 6.18 Å². The van der Waals surface area contributed by atoms with Crippen LogP contribution in [0.3, 0.4) is 0 Å². The number of carbonyl (C=O) groups is 1. The fourth-order valence-corrected chi connectivity index (χ4v) is 4.94. The molecule has 0 saturated heterocycles. The van der Waals surface area contributed by atoms with E-state index in [1.165, 1.54) is 23.4 Å². The molecule has 0 unspecified atom stereocenters. The highest BCUT2D eigenvalue weighted by molar-refractivity contribution is 8.01. The first-order valence-corrected chi connectivity index (χ1v) is 11.0. The topological polar surface area (TPSA) is 72.7 Å². The summed E-state index contributed by atoms with van der Waals surface area (Å²) in [5.74, 6) is 0.303. The fourth-order valence-electron chi connectivity index (χ4n) is 2.86. The maximum Gasteiger partial charge on any atom is 0.416 e. The lowest BCUT2D eigenvalue weighted by molar-refractivity contribution is -0.137. The Bertz CT molecular complexity index is 1160. The lowest BCUT2D eigenvalue weighted by Gasteiger charge is -2.14.